The minimum absolute atomic E-state index is 0.238. The summed E-state index contributed by atoms with van der Waals surface area (Å²) in [6.45, 7) is 5.92. The van der Waals surface area contributed by atoms with E-state index in [1.165, 1.54) is 0 Å². The van der Waals surface area contributed by atoms with Gasteiger partial charge < -0.3 is 4.90 Å². The van der Waals surface area contributed by atoms with Gasteiger partial charge in [-0.15, -0.1) is 11.3 Å². The molecule has 0 fully saturated rings. The molecule has 0 aliphatic heterocycles. The van der Waals surface area contributed by atoms with Crippen molar-refractivity contribution >= 4 is 17.2 Å². The van der Waals surface area contributed by atoms with E-state index >= 15 is 0 Å². The number of hydrogen-bond donors (Lipinski definition) is 0. The van der Waals surface area contributed by atoms with Crippen LogP contribution in [0.25, 0.3) is 10.6 Å². The Bertz CT molecular complexity index is 577. The van der Waals surface area contributed by atoms with Crippen molar-refractivity contribution in [2.24, 2.45) is 0 Å². The number of aryl methyl sites for hydroxylation is 1. The number of rotatable bonds is 8. The van der Waals surface area contributed by atoms with E-state index in [0.717, 1.165) is 42.2 Å². The number of nitrogens with zero attached hydrogens (tertiary/aromatic N) is 3. The van der Waals surface area contributed by atoms with Gasteiger partial charge in [-0.05, 0) is 31.4 Å². The zero-order valence-corrected chi connectivity index (χ0v) is 14.1. The first kappa shape index (κ1) is 16.6. The van der Waals surface area contributed by atoms with E-state index in [-0.39, 0.29) is 5.91 Å². The molecule has 22 heavy (non-hydrogen) atoms. The lowest BCUT2D eigenvalue weighted by molar-refractivity contribution is -0.131. The normalized spacial score (nSPS) is 10.6. The van der Waals surface area contributed by atoms with E-state index in [4.69, 9.17) is 0 Å². The third-order valence-electron chi connectivity index (χ3n) is 3.41. The van der Waals surface area contributed by atoms with Crippen molar-refractivity contribution in [2.75, 3.05) is 13.1 Å². The quantitative estimate of drug-likeness (QED) is 0.744. The van der Waals surface area contributed by atoms with Crippen LogP contribution >= 0.6 is 11.3 Å². The predicted molar refractivity (Wildman–Crippen MR) is 90.8 cm³/mol. The molecule has 2 heterocycles. The number of carbonyl (C=O) groups is 1. The highest BCUT2D eigenvalue weighted by atomic mass is 32.1. The Morgan fingerprint density at radius 2 is 1.86 bits per heavy atom. The molecule has 0 atom stereocenters. The van der Waals surface area contributed by atoms with Crippen LogP contribution in [-0.2, 0) is 11.2 Å². The molecular formula is C17H23N3OS. The highest BCUT2D eigenvalue weighted by molar-refractivity contribution is 7.13. The fourth-order valence-electron chi connectivity index (χ4n) is 2.34. The minimum atomic E-state index is 0.238. The van der Waals surface area contributed by atoms with Crippen LogP contribution < -0.4 is 0 Å². The minimum Gasteiger partial charge on any atom is -0.343 e. The van der Waals surface area contributed by atoms with Gasteiger partial charge >= 0.3 is 0 Å². The molecule has 2 aromatic rings. The smallest absolute Gasteiger partial charge is 0.222 e. The topological polar surface area (TPSA) is 46.1 Å². The third kappa shape index (κ3) is 4.63. The van der Waals surface area contributed by atoms with Crippen LogP contribution in [0.5, 0.6) is 0 Å². The molecule has 0 aromatic carbocycles. The molecule has 4 nitrogen and oxygen atoms in total. The fraction of sp³-hybridized carbons (Fsp3) is 0.471. The van der Waals surface area contributed by atoms with Crippen LogP contribution in [0.3, 0.4) is 0 Å². The van der Waals surface area contributed by atoms with Crippen molar-refractivity contribution in [1.29, 1.82) is 0 Å². The third-order valence-corrected chi connectivity index (χ3v) is 4.35. The van der Waals surface area contributed by atoms with E-state index in [1.54, 1.807) is 23.7 Å². The molecular weight excluding hydrogens is 294 g/mol. The number of carbonyl (C=O) groups excluding carboxylic acids is 1. The number of aromatic nitrogens is 2. The second-order valence-electron chi connectivity index (χ2n) is 5.26. The molecule has 118 valence electrons. The molecule has 5 heteroatoms. The van der Waals surface area contributed by atoms with Crippen LogP contribution in [0.2, 0.25) is 0 Å². The molecule has 1 amide bonds. The molecule has 0 saturated carbocycles. The van der Waals surface area contributed by atoms with Gasteiger partial charge in [-0.1, -0.05) is 13.8 Å². The molecule has 0 aliphatic rings. The maximum Gasteiger partial charge on any atom is 0.222 e. The van der Waals surface area contributed by atoms with Gasteiger partial charge in [0, 0.05) is 42.8 Å². The summed E-state index contributed by atoms with van der Waals surface area (Å²) in [5.41, 5.74) is 2.08. The van der Waals surface area contributed by atoms with Crippen LogP contribution in [0.15, 0.2) is 29.9 Å². The molecule has 2 aromatic heterocycles. The molecule has 0 N–H and O–H groups in total. The van der Waals surface area contributed by atoms with Gasteiger partial charge in [0.25, 0.3) is 0 Å². The lowest BCUT2D eigenvalue weighted by atomic mass is 10.2. The van der Waals surface area contributed by atoms with E-state index in [2.05, 4.69) is 23.8 Å². The van der Waals surface area contributed by atoms with Gasteiger partial charge in [0.05, 0.1) is 5.69 Å². The highest BCUT2D eigenvalue weighted by Gasteiger charge is 2.13. The van der Waals surface area contributed by atoms with E-state index in [9.17, 15) is 4.79 Å². The van der Waals surface area contributed by atoms with Gasteiger partial charge in [0.2, 0.25) is 5.91 Å². The van der Waals surface area contributed by atoms with Crippen molar-refractivity contribution in [3.63, 3.8) is 0 Å². The Morgan fingerprint density at radius 1 is 1.18 bits per heavy atom. The molecule has 0 radical (unpaired) electrons. The van der Waals surface area contributed by atoms with E-state index in [1.807, 2.05) is 22.4 Å². The van der Waals surface area contributed by atoms with E-state index < -0.39 is 0 Å². The summed E-state index contributed by atoms with van der Waals surface area (Å²) in [5, 5.41) is 3.04. The van der Waals surface area contributed by atoms with Crippen LogP contribution in [0.4, 0.5) is 0 Å². The van der Waals surface area contributed by atoms with Crippen molar-refractivity contribution in [3.05, 3.63) is 35.6 Å². The SMILES string of the molecule is CCCN(CCC)C(=O)CCc1csc(-c2ccncc2)n1. The van der Waals surface area contributed by atoms with Crippen LogP contribution in [0.1, 0.15) is 38.8 Å². The Labute approximate surface area is 136 Å². The summed E-state index contributed by atoms with van der Waals surface area (Å²) >= 11 is 1.62. The van der Waals surface area contributed by atoms with Crippen LogP contribution in [0, 0.1) is 0 Å². The first-order chi connectivity index (χ1) is 10.7. The van der Waals surface area contributed by atoms with E-state index in [0.29, 0.717) is 12.8 Å². The summed E-state index contributed by atoms with van der Waals surface area (Å²) in [5.74, 6) is 0.238. The molecule has 2 rings (SSSR count). The maximum atomic E-state index is 12.3. The average Bonchev–Trinajstić information content (AvgIpc) is 3.02. The zero-order chi connectivity index (χ0) is 15.8. The highest BCUT2D eigenvalue weighted by Crippen LogP contribution is 2.23. The molecule has 0 spiro atoms. The van der Waals surface area contributed by atoms with Crippen molar-refractivity contribution < 1.29 is 4.79 Å². The van der Waals surface area contributed by atoms with Crippen molar-refractivity contribution in [3.8, 4) is 10.6 Å². The Morgan fingerprint density at radius 3 is 2.50 bits per heavy atom. The molecule has 0 unspecified atom stereocenters. The predicted octanol–water partition coefficient (Wildman–Crippen LogP) is 3.79. The van der Waals surface area contributed by atoms with Crippen LogP contribution in [-0.4, -0.2) is 33.9 Å². The Hall–Kier alpha value is -1.75. The summed E-state index contributed by atoms with van der Waals surface area (Å²) in [6, 6.07) is 3.91. The lowest BCUT2D eigenvalue weighted by Crippen LogP contribution is -2.32. The maximum absolute atomic E-state index is 12.3. The van der Waals surface area contributed by atoms with Gasteiger partial charge in [0.15, 0.2) is 0 Å². The molecule has 0 aliphatic carbocycles. The monoisotopic (exact) mass is 317 g/mol. The summed E-state index contributed by atoms with van der Waals surface area (Å²) in [4.78, 5) is 22.9. The molecule has 0 saturated heterocycles. The molecule has 0 bridgehead atoms. The number of amides is 1. The van der Waals surface area contributed by atoms with Gasteiger partial charge in [0.1, 0.15) is 5.01 Å². The number of thiazole rings is 1. The number of pyridine rings is 1. The average molecular weight is 317 g/mol. The number of hydrogen-bond acceptors (Lipinski definition) is 4. The first-order valence-corrected chi connectivity index (χ1v) is 8.75. The Balaban J connectivity index is 1.92. The summed E-state index contributed by atoms with van der Waals surface area (Å²) < 4.78 is 0. The standard InChI is InChI=1S/C17H23N3OS/c1-3-11-20(12-4-2)16(21)6-5-15-13-22-17(19-15)14-7-9-18-10-8-14/h7-10,13H,3-6,11-12H2,1-2H3. The second kappa shape index (κ2) is 8.63. The van der Waals surface area contributed by atoms with Crippen molar-refractivity contribution in [1.82, 2.24) is 14.9 Å². The summed E-state index contributed by atoms with van der Waals surface area (Å²) in [6.07, 6.45) is 6.81. The zero-order valence-electron chi connectivity index (χ0n) is 13.3. The van der Waals surface area contributed by atoms with Gasteiger partial charge in [-0.25, -0.2) is 4.98 Å². The largest absolute Gasteiger partial charge is 0.343 e. The van der Waals surface area contributed by atoms with Gasteiger partial charge in [-0.2, -0.15) is 0 Å². The Kier molecular flexibility index (Phi) is 6.52. The second-order valence-corrected chi connectivity index (χ2v) is 6.12. The van der Waals surface area contributed by atoms with Gasteiger partial charge in [-0.3, -0.25) is 9.78 Å². The summed E-state index contributed by atoms with van der Waals surface area (Å²) in [7, 11) is 0. The first-order valence-electron chi connectivity index (χ1n) is 7.87. The fourth-order valence-corrected chi connectivity index (χ4v) is 3.20. The lowest BCUT2D eigenvalue weighted by Gasteiger charge is -2.21. The van der Waals surface area contributed by atoms with Crippen molar-refractivity contribution in [2.45, 2.75) is 39.5 Å².